The molecule has 0 aliphatic rings. The van der Waals surface area contributed by atoms with Gasteiger partial charge in [-0.25, -0.2) is 4.98 Å². The fraction of sp³-hybridized carbons (Fsp3) is 0.375. The van der Waals surface area contributed by atoms with E-state index in [1.807, 2.05) is 36.7 Å². The number of fused-ring (bicyclic) bond motifs is 1. The number of H-pyrrole nitrogens is 1. The summed E-state index contributed by atoms with van der Waals surface area (Å²) in [4.78, 5) is 16.4. The first-order chi connectivity index (χ1) is 11.6. The molecule has 2 heterocycles. The Morgan fingerprint density at radius 2 is 2.21 bits per heavy atom. The number of aryl methyl sites for hydroxylation is 3. The summed E-state index contributed by atoms with van der Waals surface area (Å²) in [6.45, 7) is 4.42. The van der Waals surface area contributed by atoms with Gasteiger partial charge in [0, 0.05) is 18.4 Å². The van der Waals surface area contributed by atoms with Crippen LogP contribution in [0.5, 0.6) is 5.75 Å². The Balaban J connectivity index is 1.59. The lowest BCUT2D eigenvalue weighted by atomic mass is 10.2. The van der Waals surface area contributed by atoms with Crippen LogP contribution in [0.3, 0.4) is 0 Å². The number of nitrogens with zero attached hydrogens (tertiary/aromatic N) is 4. The Morgan fingerprint density at radius 1 is 1.38 bits per heavy atom. The zero-order valence-corrected chi connectivity index (χ0v) is 14.0. The van der Waals surface area contributed by atoms with E-state index in [0.717, 1.165) is 28.3 Å². The highest BCUT2D eigenvalue weighted by Crippen LogP contribution is 2.25. The monoisotopic (exact) mass is 328 g/mol. The van der Waals surface area contributed by atoms with Crippen LogP contribution in [0.15, 0.2) is 18.2 Å². The van der Waals surface area contributed by atoms with Gasteiger partial charge >= 0.3 is 0 Å². The van der Waals surface area contributed by atoms with Crippen molar-refractivity contribution < 1.29 is 9.53 Å². The van der Waals surface area contributed by atoms with Crippen molar-refractivity contribution in [1.29, 1.82) is 0 Å². The van der Waals surface area contributed by atoms with Crippen LogP contribution in [0.1, 0.15) is 24.5 Å². The minimum atomic E-state index is -0.0827. The van der Waals surface area contributed by atoms with Crippen molar-refractivity contribution >= 4 is 22.6 Å². The molecule has 0 fully saturated rings. The second kappa shape index (κ2) is 6.69. The highest BCUT2D eigenvalue weighted by atomic mass is 16.5. The van der Waals surface area contributed by atoms with Crippen LogP contribution in [-0.2, 0) is 11.3 Å². The summed E-state index contributed by atoms with van der Waals surface area (Å²) < 4.78 is 7.03. The van der Waals surface area contributed by atoms with Gasteiger partial charge in [-0.05, 0) is 38.5 Å². The lowest BCUT2D eigenvalue weighted by Gasteiger charge is -2.05. The Kier molecular flexibility index (Phi) is 4.45. The summed E-state index contributed by atoms with van der Waals surface area (Å²) in [6, 6.07) is 5.55. The van der Waals surface area contributed by atoms with E-state index < -0.39 is 0 Å². The zero-order valence-electron chi connectivity index (χ0n) is 14.0. The van der Waals surface area contributed by atoms with Gasteiger partial charge in [0.1, 0.15) is 17.4 Å². The number of rotatable bonds is 6. The number of carbonyl (C=O) groups excluding carboxylic acids is 1. The molecule has 24 heavy (non-hydrogen) atoms. The van der Waals surface area contributed by atoms with Crippen molar-refractivity contribution in [3.05, 3.63) is 29.8 Å². The molecule has 0 aliphatic carbocycles. The fourth-order valence-corrected chi connectivity index (χ4v) is 2.57. The van der Waals surface area contributed by atoms with E-state index in [2.05, 4.69) is 25.6 Å². The third-order valence-corrected chi connectivity index (χ3v) is 3.76. The maximum absolute atomic E-state index is 12.1. The van der Waals surface area contributed by atoms with Crippen molar-refractivity contribution in [2.24, 2.45) is 0 Å². The van der Waals surface area contributed by atoms with E-state index in [1.54, 1.807) is 7.11 Å². The first kappa shape index (κ1) is 16.0. The van der Waals surface area contributed by atoms with Crippen molar-refractivity contribution in [2.75, 3.05) is 12.4 Å². The van der Waals surface area contributed by atoms with Crippen LogP contribution >= 0.6 is 0 Å². The van der Waals surface area contributed by atoms with Gasteiger partial charge in [-0.3, -0.25) is 14.6 Å². The quantitative estimate of drug-likeness (QED) is 0.723. The smallest absolute Gasteiger partial charge is 0.225 e. The molecule has 1 amide bonds. The molecule has 3 aromatic rings. The number of anilines is 1. The highest BCUT2D eigenvalue weighted by Gasteiger charge is 2.11. The van der Waals surface area contributed by atoms with Gasteiger partial charge in [0.15, 0.2) is 5.82 Å². The summed E-state index contributed by atoms with van der Waals surface area (Å²) in [5, 5.41) is 15.0. The van der Waals surface area contributed by atoms with Gasteiger partial charge in [-0.15, -0.1) is 0 Å². The molecule has 2 aromatic heterocycles. The van der Waals surface area contributed by atoms with E-state index >= 15 is 0 Å². The molecule has 3 rings (SSSR count). The van der Waals surface area contributed by atoms with E-state index in [9.17, 15) is 4.79 Å². The van der Waals surface area contributed by atoms with Crippen LogP contribution in [0.25, 0.3) is 10.9 Å². The number of hydrogen-bond acceptors (Lipinski definition) is 5. The van der Waals surface area contributed by atoms with Crippen LogP contribution in [0.4, 0.5) is 5.82 Å². The molecule has 0 radical (unpaired) electrons. The third kappa shape index (κ3) is 3.37. The second-order valence-corrected chi connectivity index (χ2v) is 5.56. The number of benzene rings is 1. The number of aromatic nitrogens is 5. The van der Waals surface area contributed by atoms with Crippen LogP contribution in [0, 0.1) is 13.8 Å². The van der Waals surface area contributed by atoms with Crippen LogP contribution in [-0.4, -0.2) is 38.0 Å². The summed E-state index contributed by atoms with van der Waals surface area (Å²) in [5.74, 6) is 2.76. The molecule has 2 N–H and O–H groups in total. The number of amides is 1. The Morgan fingerprint density at radius 3 is 2.92 bits per heavy atom. The summed E-state index contributed by atoms with van der Waals surface area (Å²) >= 11 is 0. The number of aromatic amines is 1. The fourth-order valence-electron chi connectivity index (χ4n) is 2.57. The number of methoxy groups -OCH3 is 1. The molecule has 0 atom stereocenters. The molecule has 8 nitrogen and oxygen atoms in total. The number of carbonyl (C=O) groups is 1. The zero-order chi connectivity index (χ0) is 17.1. The van der Waals surface area contributed by atoms with Gasteiger partial charge < -0.3 is 10.1 Å². The average molecular weight is 328 g/mol. The molecule has 8 heteroatoms. The van der Waals surface area contributed by atoms with Crippen LogP contribution in [0.2, 0.25) is 0 Å². The predicted octanol–water partition coefficient (Wildman–Crippen LogP) is 2.20. The first-order valence-electron chi connectivity index (χ1n) is 7.77. The minimum Gasteiger partial charge on any atom is -0.497 e. The van der Waals surface area contributed by atoms with Crippen molar-refractivity contribution in [2.45, 2.75) is 33.2 Å². The van der Waals surface area contributed by atoms with Gasteiger partial charge in [-0.2, -0.15) is 10.2 Å². The summed E-state index contributed by atoms with van der Waals surface area (Å²) in [5.41, 5.74) is 0.847. The van der Waals surface area contributed by atoms with E-state index in [1.165, 1.54) is 0 Å². The Hall–Kier alpha value is -2.90. The largest absolute Gasteiger partial charge is 0.497 e. The normalized spacial score (nSPS) is 11.0. The Bertz CT molecular complexity index is 867. The molecule has 0 saturated heterocycles. The maximum atomic E-state index is 12.1. The highest BCUT2D eigenvalue weighted by molar-refractivity contribution is 5.99. The number of nitrogens with one attached hydrogen (secondary N) is 2. The topological polar surface area (TPSA) is 97.7 Å². The minimum absolute atomic E-state index is 0.0827. The average Bonchev–Trinajstić information content (AvgIpc) is 3.10. The third-order valence-electron chi connectivity index (χ3n) is 3.76. The molecular formula is C16H20N6O2. The van der Waals surface area contributed by atoms with Crippen molar-refractivity contribution in [1.82, 2.24) is 25.0 Å². The van der Waals surface area contributed by atoms with Crippen molar-refractivity contribution in [3.8, 4) is 5.75 Å². The van der Waals surface area contributed by atoms with E-state index in [4.69, 9.17) is 4.74 Å². The van der Waals surface area contributed by atoms with Gasteiger partial charge in [-0.1, -0.05) is 0 Å². The Labute approximate surface area is 139 Å². The second-order valence-electron chi connectivity index (χ2n) is 5.56. The lowest BCUT2D eigenvalue weighted by molar-refractivity contribution is -0.116. The predicted molar refractivity (Wildman–Crippen MR) is 90.0 cm³/mol. The lowest BCUT2D eigenvalue weighted by Crippen LogP contribution is -2.13. The molecular weight excluding hydrogens is 308 g/mol. The molecule has 0 bridgehead atoms. The summed E-state index contributed by atoms with van der Waals surface area (Å²) in [6.07, 6.45) is 1.07. The first-order valence-corrected chi connectivity index (χ1v) is 7.77. The SMILES string of the molecule is COc1ccc2[nH]nc(NC(=O)CCCn3nc(C)nc3C)c2c1. The summed E-state index contributed by atoms with van der Waals surface area (Å²) in [7, 11) is 1.60. The number of hydrogen-bond donors (Lipinski definition) is 2. The molecule has 0 spiro atoms. The van der Waals surface area contributed by atoms with E-state index in [-0.39, 0.29) is 5.91 Å². The van der Waals surface area contributed by atoms with Gasteiger partial charge in [0.25, 0.3) is 0 Å². The molecule has 126 valence electrons. The van der Waals surface area contributed by atoms with Gasteiger partial charge in [0.05, 0.1) is 12.6 Å². The molecule has 0 saturated carbocycles. The van der Waals surface area contributed by atoms with Crippen molar-refractivity contribution in [3.63, 3.8) is 0 Å². The van der Waals surface area contributed by atoms with E-state index in [0.29, 0.717) is 25.2 Å². The van der Waals surface area contributed by atoms with Gasteiger partial charge in [0.2, 0.25) is 5.91 Å². The number of ether oxygens (including phenoxy) is 1. The van der Waals surface area contributed by atoms with Crippen LogP contribution < -0.4 is 10.1 Å². The molecule has 1 aromatic carbocycles. The standard InChI is InChI=1S/C16H20N6O2/c1-10-17-11(2)22(21-10)8-4-5-15(23)18-16-13-9-12(24-3)6-7-14(13)19-20-16/h6-7,9H,4-5,8H2,1-3H3,(H2,18,19,20,23). The maximum Gasteiger partial charge on any atom is 0.225 e. The molecule has 0 unspecified atom stereocenters. The molecule has 0 aliphatic heterocycles.